The number of methoxy groups -OCH3 is 2. The van der Waals surface area contributed by atoms with Crippen LogP contribution in [0.1, 0.15) is 55.3 Å². The molecule has 0 spiro atoms. The number of alkyl halides is 3. The summed E-state index contributed by atoms with van der Waals surface area (Å²) in [6.07, 6.45) is 2.63. The Morgan fingerprint density at radius 1 is 1.00 bits per heavy atom. The molecular formula is C32H36F4N2O9S. The summed E-state index contributed by atoms with van der Waals surface area (Å²) < 4.78 is 94.5. The maximum atomic E-state index is 15.1. The molecule has 0 saturated heterocycles. The van der Waals surface area contributed by atoms with Gasteiger partial charge in [0.05, 0.1) is 41.6 Å². The van der Waals surface area contributed by atoms with Crippen LogP contribution in [0, 0.1) is 29.0 Å². The minimum atomic E-state index is -5.64. The zero-order chi connectivity index (χ0) is 35.0. The van der Waals surface area contributed by atoms with Gasteiger partial charge in [0, 0.05) is 24.9 Å². The molecule has 2 aromatic rings. The molecule has 0 unspecified atom stereocenters. The molecule has 5 rings (SSSR count). The number of aliphatic carboxylic acids is 1. The van der Waals surface area contributed by atoms with E-state index in [0.29, 0.717) is 25.7 Å². The number of anilines is 1. The van der Waals surface area contributed by atoms with Gasteiger partial charge in [-0.2, -0.15) is 13.2 Å². The molecule has 262 valence electrons. The summed E-state index contributed by atoms with van der Waals surface area (Å²) in [6.45, 7) is 0.0324. The minimum absolute atomic E-state index is 0.0324. The van der Waals surface area contributed by atoms with Gasteiger partial charge in [-0.05, 0) is 81.0 Å². The van der Waals surface area contributed by atoms with Crippen LogP contribution in [0.15, 0.2) is 41.3 Å². The molecule has 48 heavy (non-hydrogen) atoms. The van der Waals surface area contributed by atoms with Crippen molar-refractivity contribution >= 4 is 33.3 Å². The first-order valence-corrected chi connectivity index (χ1v) is 16.9. The number of sulfone groups is 1. The number of rotatable bonds is 11. The number of halogens is 4. The molecule has 11 nitrogen and oxygen atoms in total. The third kappa shape index (κ3) is 6.81. The zero-order valence-electron chi connectivity index (χ0n) is 26.1. The number of benzene rings is 2. The van der Waals surface area contributed by atoms with E-state index in [1.165, 1.54) is 26.4 Å². The molecule has 3 N–H and O–H groups in total. The number of carboxylic acid groups (broad SMARTS) is 1. The Morgan fingerprint density at radius 3 is 2.31 bits per heavy atom. The molecule has 2 amide bonds. The molecule has 0 aromatic heterocycles. The van der Waals surface area contributed by atoms with Crippen LogP contribution in [0.5, 0.6) is 11.5 Å². The maximum Gasteiger partial charge on any atom is 0.501 e. The highest BCUT2D eigenvalue weighted by Crippen LogP contribution is 2.49. The summed E-state index contributed by atoms with van der Waals surface area (Å²) in [4.78, 5) is 38.0. The Bertz CT molecular complexity index is 1680. The van der Waals surface area contributed by atoms with Crippen LogP contribution in [0.2, 0.25) is 0 Å². The topological polar surface area (TPSA) is 157 Å². The maximum absolute atomic E-state index is 15.1. The number of fused-ring (bicyclic) bond motifs is 2. The Kier molecular flexibility index (Phi) is 9.98. The lowest BCUT2D eigenvalue weighted by Crippen LogP contribution is -2.48. The summed E-state index contributed by atoms with van der Waals surface area (Å²) in [7, 11) is -2.96. The number of carbonyl (C=O) groups is 3. The van der Waals surface area contributed by atoms with Gasteiger partial charge in [-0.1, -0.05) is 6.07 Å². The van der Waals surface area contributed by atoms with Gasteiger partial charge in [-0.15, -0.1) is 0 Å². The molecule has 0 aliphatic heterocycles. The van der Waals surface area contributed by atoms with E-state index in [-0.39, 0.29) is 54.0 Å². The monoisotopic (exact) mass is 700 g/mol. The normalized spacial score (nSPS) is 26.9. The van der Waals surface area contributed by atoms with E-state index in [1.807, 2.05) is 0 Å². The second kappa shape index (κ2) is 13.5. The Balaban J connectivity index is 1.31. The molecule has 3 aliphatic rings. The fourth-order valence-electron chi connectivity index (χ4n) is 7.31. The standard InChI is InChI=1S/C32H36F4N2O9S/c1-45-16-31(30(41)42)10-8-20(9-11-31)47-25-14-22(24(46-2)15-23(25)33)28(39)38-27-18-7-6-17(12-18)26(27)29(40)37-19-4-3-5-21(13-19)48(43,44)32(34,35)36/h3-5,13-15,17-18,20,26-27H,6-12,16H2,1-2H3,(H,37,40)(H,38,39)(H,41,42)/t17-,18+,20?,26-,27+,31?/m0/s1. The van der Waals surface area contributed by atoms with Gasteiger partial charge in [-0.25, -0.2) is 12.8 Å². The van der Waals surface area contributed by atoms with Crippen molar-refractivity contribution in [1.82, 2.24) is 5.32 Å². The van der Waals surface area contributed by atoms with Crippen LogP contribution >= 0.6 is 0 Å². The molecular weight excluding hydrogens is 664 g/mol. The molecule has 2 aromatic carbocycles. The fourth-order valence-corrected chi connectivity index (χ4v) is 8.12. The number of hydrogen-bond acceptors (Lipinski definition) is 8. The molecule has 2 bridgehead atoms. The second-order valence-corrected chi connectivity index (χ2v) is 14.6. The van der Waals surface area contributed by atoms with Gasteiger partial charge in [0.2, 0.25) is 5.91 Å². The molecule has 3 aliphatic carbocycles. The largest absolute Gasteiger partial charge is 0.501 e. The van der Waals surface area contributed by atoms with Crippen molar-refractivity contribution < 1.29 is 59.7 Å². The third-order valence-corrected chi connectivity index (χ3v) is 11.3. The van der Waals surface area contributed by atoms with Crippen molar-refractivity contribution in [2.24, 2.45) is 23.2 Å². The molecule has 0 radical (unpaired) electrons. The highest BCUT2D eigenvalue weighted by atomic mass is 32.2. The summed E-state index contributed by atoms with van der Waals surface area (Å²) in [5.41, 5.74) is -6.79. The number of carboxylic acids is 1. The lowest BCUT2D eigenvalue weighted by atomic mass is 9.73. The van der Waals surface area contributed by atoms with Crippen molar-refractivity contribution in [1.29, 1.82) is 0 Å². The SMILES string of the molecule is COCC1(C(=O)O)CCC(Oc2cc(C(=O)N[C@@H]3[C@@H]4CC[C@@H](C4)[C@@H]3C(=O)Nc3cccc(S(=O)(=O)C(F)(F)F)c3)c(OC)cc2F)CC1. The molecule has 3 fully saturated rings. The van der Waals surface area contributed by atoms with Crippen LogP contribution < -0.4 is 20.1 Å². The number of carbonyl (C=O) groups excluding carboxylic acids is 2. The summed E-state index contributed by atoms with van der Waals surface area (Å²) in [5, 5.41) is 15.1. The average molecular weight is 701 g/mol. The van der Waals surface area contributed by atoms with Gasteiger partial charge in [-0.3, -0.25) is 14.4 Å². The fraction of sp³-hybridized carbons (Fsp3) is 0.531. The van der Waals surface area contributed by atoms with E-state index in [0.717, 1.165) is 30.7 Å². The van der Waals surface area contributed by atoms with E-state index in [1.54, 1.807) is 0 Å². The first-order chi connectivity index (χ1) is 22.6. The highest BCUT2D eigenvalue weighted by molar-refractivity contribution is 7.92. The zero-order valence-corrected chi connectivity index (χ0v) is 27.0. The molecule has 16 heteroatoms. The average Bonchev–Trinajstić information content (AvgIpc) is 3.64. The van der Waals surface area contributed by atoms with E-state index >= 15 is 4.39 Å². The van der Waals surface area contributed by atoms with Crippen LogP contribution in [-0.4, -0.2) is 69.8 Å². The van der Waals surface area contributed by atoms with Crippen molar-refractivity contribution in [2.45, 2.75) is 67.5 Å². The summed E-state index contributed by atoms with van der Waals surface area (Å²) in [5.74, 6) is -4.34. The molecule has 4 atom stereocenters. The van der Waals surface area contributed by atoms with Gasteiger partial charge >= 0.3 is 11.5 Å². The van der Waals surface area contributed by atoms with E-state index in [2.05, 4.69) is 10.6 Å². The van der Waals surface area contributed by atoms with Crippen molar-refractivity contribution in [3.63, 3.8) is 0 Å². The van der Waals surface area contributed by atoms with Gasteiger partial charge in [0.15, 0.2) is 11.6 Å². The van der Waals surface area contributed by atoms with Gasteiger partial charge in [0.25, 0.3) is 15.7 Å². The van der Waals surface area contributed by atoms with Crippen LogP contribution in [0.25, 0.3) is 0 Å². The van der Waals surface area contributed by atoms with Crippen LogP contribution in [0.3, 0.4) is 0 Å². The van der Waals surface area contributed by atoms with Crippen LogP contribution in [0.4, 0.5) is 23.2 Å². The highest BCUT2D eigenvalue weighted by Gasteiger charge is 2.52. The molecule has 0 heterocycles. The summed E-state index contributed by atoms with van der Waals surface area (Å²) >= 11 is 0. The second-order valence-electron chi connectivity index (χ2n) is 12.6. The first kappa shape index (κ1) is 35.4. The van der Waals surface area contributed by atoms with Crippen molar-refractivity contribution in [3.8, 4) is 11.5 Å². The number of nitrogens with one attached hydrogen (secondary N) is 2. The quantitative estimate of drug-likeness (QED) is 0.276. The lowest BCUT2D eigenvalue weighted by Gasteiger charge is -2.36. The summed E-state index contributed by atoms with van der Waals surface area (Å²) in [6, 6.07) is 5.40. The molecule has 3 saturated carbocycles. The Labute approximate surface area is 274 Å². The number of ether oxygens (including phenoxy) is 3. The van der Waals surface area contributed by atoms with Crippen LogP contribution in [-0.2, 0) is 24.2 Å². The Morgan fingerprint density at radius 2 is 1.69 bits per heavy atom. The van der Waals surface area contributed by atoms with E-state index in [4.69, 9.17) is 14.2 Å². The Hall–Kier alpha value is -3.92. The third-order valence-electron chi connectivity index (χ3n) is 9.79. The van der Waals surface area contributed by atoms with E-state index < -0.39 is 67.3 Å². The van der Waals surface area contributed by atoms with E-state index in [9.17, 15) is 41.1 Å². The predicted octanol–water partition coefficient (Wildman–Crippen LogP) is 4.95. The van der Waals surface area contributed by atoms with Crippen molar-refractivity contribution in [2.75, 3.05) is 26.1 Å². The minimum Gasteiger partial charge on any atom is -0.496 e. The van der Waals surface area contributed by atoms with Gasteiger partial charge in [0.1, 0.15) is 5.75 Å². The number of amides is 2. The smallest absolute Gasteiger partial charge is 0.496 e. The lowest BCUT2D eigenvalue weighted by molar-refractivity contribution is -0.156. The van der Waals surface area contributed by atoms with Gasteiger partial charge < -0.3 is 30.0 Å². The number of hydrogen-bond donors (Lipinski definition) is 3. The van der Waals surface area contributed by atoms with Crippen molar-refractivity contribution in [3.05, 3.63) is 47.8 Å². The predicted molar refractivity (Wildman–Crippen MR) is 162 cm³/mol. The first-order valence-electron chi connectivity index (χ1n) is 15.4.